The van der Waals surface area contributed by atoms with Gasteiger partial charge >= 0.3 is 0 Å². The summed E-state index contributed by atoms with van der Waals surface area (Å²) in [4.78, 5) is 22.1. The highest BCUT2D eigenvalue weighted by Crippen LogP contribution is 2.19. The zero-order valence-electron chi connectivity index (χ0n) is 14.6. The van der Waals surface area contributed by atoms with E-state index in [0.29, 0.717) is 12.4 Å². The lowest BCUT2D eigenvalue weighted by Crippen LogP contribution is -2.58. The predicted molar refractivity (Wildman–Crippen MR) is 93.0 cm³/mol. The van der Waals surface area contributed by atoms with Crippen molar-refractivity contribution in [3.63, 3.8) is 0 Å². The number of rotatable bonds is 5. The van der Waals surface area contributed by atoms with Crippen LogP contribution in [0, 0.1) is 5.92 Å². The zero-order chi connectivity index (χ0) is 18.0. The molecular weight excluding hydrogens is 322 g/mol. The molecule has 1 aromatic heterocycles. The smallest absolute Gasteiger partial charge is 0.230 e. The van der Waals surface area contributed by atoms with E-state index in [4.69, 9.17) is 4.74 Å². The number of carbonyl (C=O) groups excluding carboxylic acids is 1. The number of aromatic nitrogens is 2. The zero-order valence-corrected chi connectivity index (χ0v) is 14.6. The first-order valence-corrected chi connectivity index (χ1v) is 8.62. The molecule has 25 heavy (non-hydrogen) atoms. The van der Waals surface area contributed by atoms with Crippen molar-refractivity contribution in [3.05, 3.63) is 30.1 Å². The van der Waals surface area contributed by atoms with Crippen LogP contribution in [0.3, 0.4) is 0 Å². The fourth-order valence-corrected chi connectivity index (χ4v) is 3.19. The molecule has 1 saturated heterocycles. The van der Waals surface area contributed by atoms with Crippen molar-refractivity contribution in [1.29, 1.82) is 0 Å². The van der Waals surface area contributed by atoms with Crippen LogP contribution in [-0.2, 0) is 16.0 Å². The first-order valence-electron chi connectivity index (χ1n) is 8.62. The average molecular weight is 347 g/mol. The quantitative estimate of drug-likeness (QED) is 0.740. The van der Waals surface area contributed by atoms with Gasteiger partial charge in [0.1, 0.15) is 18.0 Å². The number of amides is 1. The van der Waals surface area contributed by atoms with Crippen molar-refractivity contribution in [2.45, 2.75) is 38.5 Å². The second-order valence-electron chi connectivity index (χ2n) is 6.98. The molecule has 3 rings (SSSR count). The summed E-state index contributed by atoms with van der Waals surface area (Å²) in [5, 5.41) is 20.2. The molecule has 7 nitrogen and oxygen atoms in total. The van der Waals surface area contributed by atoms with Crippen LogP contribution in [0.15, 0.2) is 24.3 Å². The Morgan fingerprint density at radius 2 is 2.12 bits per heavy atom. The highest BCUT2D eigenvalue weighted by molar-refractivity contribution is 5.81. The van der Waals surface area contributed by atoms with Gasteiger partial charge in [-0.15, -0.1) is 0 Å². The van der Waals surface area contributed by atoms with Gasteiger partial charge in [-0.2, -0.15) is 0 Å². The van der Waals surface area contributed by atoms with Gasteiger partial charge in [0.15, 0.2) is 0 Å². The molecule has 2 aromatic rings. The number of hydrogen-bond acceptors (Lipinski definition) is 5. The fourth-order valence-electron chi connectivity index (χ4n) is 3.19. The van der Waals surface area contributed by atoms with E-state index in [1.807, 2.05) is 38.1 Å². The third-order valence-electron chi connectivity index (χ3n) is 4.41. The van der Waals surface area contributed by atoms with Gasteiger partial charge in [-0.3, -0.25) is 4.79 Å². The molecular formula is C18H25N3O4. The Kier molecular flexibility index (Phi) is 5.36. The predicted octanol–water partition coefficient (Wildman–Crippen LogP) is 0.711. The van der Waals surface area contributed by atoms with Crippen LogP contribution in [0.4, 0.5) is 0 Å². The van der Waals surface area contributed by atoms with Crippen LogP contribution < -0.4 is 0 Å². The highest BCUT2D eigenvalue weighted by atomic mass is 16.5. The Balaban J connectivity index is 1.78. The molecule has 7 heteroatoms. The van der Waals surface area contributed by atoms with Crippen molar-refractivity contribution in [2.24, 2.45) is 5.92 Å². The fraction of sp³-hybridized carbons (Fsp3) is 0.556. The number of imidazole rings is 1. The molecule has 2 heterocycles. The summed E-state index contributed by atoms with van der Waals surface area (Å²) in [6.07, 6.45) is -1.87. The van der Waals surface area contributed by atoms with Gasteiger partial charge in [-0.1, -0.05) is 26.0 Å². The number of hydrogen-bond donors (Lipinski definition) is 3. The lowest BCUT2D eigenvalue weighted by atomic mass is 10.0. The molecule has 136 valence electrons. The Hall–Kier alpha value is -1.96. The Labute approximate surface area is 146 Å². The van der Waals surface area contributed by atoms with Crippen molar-refractivity contribution in [3.8, 4) is 0 Å². The van der Waals surface area contributed by atoms with E-state index in [2.05, 4.69) is 9.97 Å². The molecule has 1 aromatic carbocycles. The standard InChI is InChI=1S/C18H25N3O4/c1-11(2)8-21(14-9-25-10-15(22)18(14)24)17(23)7-16-19-12-5-3-4-6-13(12)20-16/h3-6,11,14-15,18,22,24H,7-10H2,1-2H3,(H,19,20)/t14-,15-,18+/m1/s1. The minimum atomic E-state index is -1.01. The summed E-state index contributed by atoms with van der Waals surface area (Å²) in [5.41, 5.74) is 1.70. The Morgan fingerprint density at radius 3 is 2.84 bits per heavy atom. The number of nitrogens with one attached hydrogen (secondary N) is 1. The molecule has 0 saturated carbocycles. The number of aromatic amines is 1. The summed E-state index contributed by atoms with van der Waals surface area (Å²) < 4.78 is 5.35. The number of ether oxygens (including phenoxy) is 1. The number of benzene rings is 1. The molecule has 0 aliphatic carbocycles. The first-order chi connectivity index (χ1) is 12.0. The van der Waals surface area contributed by atoms with Gasteiger partial charge in [-0.05, 0) is 18.1 Å². The number of aliphatic hydroxyl groups is 2. The summed E-state index contributed by atoms with van der Waals surface area (Å²) in [6.45, 7) is 4.81. The number of fused-ring (bicyclic) bond motifs is 1. The van der Waals surface area contributed by atoms with Gasteiger partial charge in [0.05, 0.1) is 36.7 Å². The summed E-state index contributed by atoms with van der Waals surface area (Å²) >= 11 is 0. The highest BCUT2D eigenvalue weighted by Gasteiger charge is 2.37. The molecule has 1 aliphatic heterocycles. The lowest BCUT2D eigenvalue weighted by molar-refractivity contribution is -0.157. The minimum Gasteiger partial charge on any atom is -0.388 e. The molecule has 3 atom stereocenters. The summed E-state index contributed by atoms with van der Waals surface area (Å²) in [6, 6.07) is 7.06. The maximum atomic E-state index is 12.9. The van der Waals surface area contributed by atoms with E-state index in [-0.39, 0.29) is 31.5 Å². The normalized spacial score (nSPS) is 24.0. The van der Waals surface area contributed by atoms with Crippen LogP contribution in [-0.4, -0.2) is 69.0 Å². The molecule has 3 N–H and O–H groups in total. The number of nitrogens with zero attached hydrogens (tertiary/aromatic N) is 2. The molecule has 0 radical (unpaired) electrons. The summed E-state index contributed by atoms with van der Waals surface area (Å²) in [5.74, 6) is 0.673. The molecule has 0 bridgehead atoms. The van der Waals surface area contributed by atoms with Crippen LogP contribution >= 0.6 is 0 Å². The summed E-state index contributed by atoms with van der Waals surface area (Å²) in [7, 11) is 0. The van der Waals surface area contributed by atoms with Crippen LogP contribution in [0.25, 0.3) is 11.0 Å². The monoisotopic (exact) mass is 347 g/mol. The third-order valence-corrected chi connectivity index (χ3v) is 4.41. The van der Waals surface area contributed by atoms with E-state index < -0.39 is 18.2 Å². The van der Waals surface area contributed by atoms with Crippen LogP contribution in [0.5, 0.6) is 0 Å². The number of aliphatic hydroxyl groups excluding tert-OH is 2. The maximum absolute atomic E-state index is 12.9. The van der Waals surface area contributed by atoms with E-state index in [1.165, 1.54) is 0 Å². The third kappa shape index (κ3) is 4.00. The number of para-hydroxylation sites is 2. The number of carbonyl (C=O) groups is 1. The molecule has 0 unspecified atom stereocenters. The maximum Gasteiger partial charge on any atom is 0.230 e. The van der Waals surface area contributed by atoms with E-state index in [9.17, 15) is 15.0 Å². The van der Waals surface area contributed by atoms with Gasteiger partial charge in [0.2, 0.25) is 5.91 Å². The Morgan fingerprint density at radius 1 is 1.36 bits per heavy atom. The first kappa shape index (κ1) is 17.8. The second-order valence-corrected chi connectivity index (χ2v) is 6.98. The van der Waals surface area contributed by atoms with Gasteiger partial charge < -0.3 is 24.8 Å². The Bertz CT molecular complexity index is 697. The SMILES string of the molecule is CC(C)CN(C(=O)Cc1nc2ccccc2[nH]1)[C@@H]1COC[C@@H](O)[C@H]1O. The van der Waals surface area contributed by atoms with Crippen molar-refractivity contribution in [2.75, 3.05) is 19.8 Å². The van der Waals surface area contributed by atoms with Crippen LogP contribution in [0.2, 0.25) is 0 Å². The number of H-pyrrole nitrogens is 1. The molecule has 0 spiro atoms. The molecule has 1 fully saturated rings. The lowest BCUT2D eigenvalue weighted by Gasteiger charge is -2.40. The van der Waals surface area contributed by atoms with E-state index >= 15 is 0 Å². The molecule has 1 amide bonds. The van der Waals surface area contributed by atoms with Gasteiger partial charge in [0.25, 0.3) is 0 Å². The van der Waals surface area contributed by atoms with Gasteiger partial charge in [0, 0.05) is 6.54 Å². The average Bonchev–Trinajstić information content (AvgIpc) is 2.97. The minimum absolute atomic E-state index is 0.0882. The van der Waals surface area contributed by atoms with Crippen molar-refractivity contribution < 1.29 is 19.7 Å². The largest absolute Gasteiger partial charge is 0.388 e. The molecule has 1 aliphatic rings. The van der Waals surface area contributed by atoms with Gasteiger partial charge in [-0.25, -0.2) is 4.98 Å². The van der Waals surface area contributed by atoms with E-state index in [0.717, 1.165) is 11.0 Å². The van der Waals surface area contributed by atoms with E-state index in [1.54, 1.807) is 4.90 Å². The van der Waals surface area contributed by atoms with Crippen molar-refractivity contribution >= 4 is 16.9 Å². The van der Waals surface area contributed by atoms with Crippen LogP contribution in [0.1, 0.15) is 19.7 Å². The second kappa shape index (κ2) is 7.51. The van der Waals surface area contributed by atoms with Crippen molar-refractivity contribution in [1.82, 2.24) is 14.9 Å². The topological polar surface area (TPSA) is 98.7 Å².